The smallest absolute Gasteiger partial charge is 0.266 e. The molecular formula is C13H11Cl2NO2S2. The highest BCUT2D eigenvalue weighted by atomic mass is 35.5. The number of thioether (sulfide) groups is 1. The van der Waals surface area contributed by atoms with Crippen LogP contribution in [0.25, 0.3) is 6.08 Å². The number of thiocarbonyl (C=S) groups is 1. The molecule has 0 spiro atoms. The second-order valence-electron chi connectivity index (χ2n) is 3.94. The molecule has 1 heterocycles. The van der Waals surface area contributed by atoms with Gasteiger partial charge in [0, 0.05) is 17.1 Å². The molecular weight excluding hydrogens is 337 g/mol. The van der Waals surface area contributed by atoms with Gasteiger partial charge in [-0.15, -0.1) is 0 Å². The topological polar surface area (TPSA) is 29.5 Å². The van der Waals surface area contributed by atoms with Gasteiger partial charge in [0.1, 0.15) is 10.1 Å². The number of hydrogen-bond donors (Lipinski definition) is 0. The van der Waals surface area contributed by atoms with Gasteiger partial charge < -0.3 is 4.74 Å². The molecule has 1 fully saturated rings. The van der Waals surface area contributed by atoms with Crippen LogP contribution in [0.15, 0.2) is 17.0 Å². The summed E-state index contributed by atoms with van der Waals surface area (Å²) in [7, 11) is 1.52. The third kappa shape index (κ3) is 2.96. The number of likely N-dealkylation sites (N-methyl/N-ethyl adjacent to an activating group) is 1. The van der Waals surface area contributed by atoms with Gasteiger partial charge in [0.25, 0.3) is 5.91 Å². The molecule has 0 N–H and O–H groups in total. The van der Waals surface area contributed by atoms with E-state index >= 15 is 0 Å². The second-order valence-corrected chi connectivity index (χ2v) is 6.46. The summed E-state index contributed by atoms with van der Waals surface area (Å²) in [5.41, 5.74) is 0.654. The van der Waals surface area contributed by atoms with Crippen molar-refractivity contribution in [2.75, 3.05) is 13.7 Å². The minimum atomic E-state index is -0.111. The van der Waals surface area contributed by atoms with E-state index in [-0.39, 0.29) is 5.91 Å². The van der Waals surface area contributed by atoms with Crippen molar-refractivity contribution in [3.63, 3.8) is 0 Å². The molecule has 1 amide bonds. The number of halogens is 2. The summed E-state index contributed by atoms with van der Waals surface area (Å²) < 4.78 is 5.81. The predicted octanol–water partition coefficient (Wildman–Crippen LogP) is 4.22. The van der Waals surface area contributed by atoms with Crippen LogP contribution in [0.5, 0.6) is 5.75 Å². The maximum absolute atomic E-state index is 12.2. The van der Waals surface area contributed by atoms with Crippen molar-refractivity contribution in [2.24, 2.45) is 0 Å². The minimum Gasteiger partial charge on any atom is -0.495 e. The van der Waals surface area contributed by atoms with Crippen molar-refractivity contribution in [2.45, 2.75) is 6.92 Å². The Morgan fingerprint density at radius 2 is 2.15 bits per heavy atom. The normalized spacial score (nSPS) is 17.2. The summed E-state index contributed by atoms with van der Waals surface area (Å²) in [5, 5.41) is 0.880. The largest absolute Gasteiger partial charge is 0.495 e. The maximum Gasteiger partial charge on any atom is 0.266 e. The first-order valence-electron chi connectivity index (χ1n) is 5.76. The molecule has 0 unspecified atom stereocenters. The number of carbonyl (C=O) groups excluding carboxylic acids is 1. The van der Waals surface area contributed by atoms with Gasteiger partial charge in [0.15, 0.2) is 0 Å². The van der Waals surface area contributed by atoms with Crippen molar-refractivity contribution >= 4 is 63.5 Å². The van der Waals surface area contributed by atoms with E-state index in [9.17, 15) is 4.79 Å². The number of hydrogen-bond acceptors (Lipinski definition) is 4. The van der Waals surface area contributed by atoms with E-state index in [1.54, 1.807) is 23.1 Å². The molecule has 1 aliphatic heterocycles. The van der Waals surface area contributed by atoms with E-state index in [1.807, 2.05) is 6.92 Å². The molecule has 0 aliphatic carbocycles. The molecule has 1 aromatic carbocycles. The zero-order valence-electron chi connectivity index (χ0n) is 10.8. The van der Waals surface area contributed by atoms with Crippen molar-refractivity contribution < 1.29 is 9.53 Å². The second kappa shape index (κ2) is 6.35. The van der Waals surface area contributed by atoms with Crippen LogP contribution in [0, 0.1) is 0 Å². The Labute approximate surface area is 136 Å². The summed E-state index contributed by atoms with van der Waals surface area (Å²) in [5.74, 6) is 0.374. The van der Waals surface area contributed by atoms with Gasteiger partial charge >= 0.3 is 0 Å². The molecule has 0 saturated carbocycles. The van der Waals surface area contributed by atoms with Gasteiger partial charge in [0.05, 0.1) is 17.0 Å². The molecule has 1 aliphatic rings. The average molecular weight is 348 g/mol. The third-order valence-corrected chi connectivity index (χ3v) is 4.59. The Balaban J connectivity index is 2.46. The monoisotopic (exact) mass is 347 g/mol. The molecule has 0 aromatic heterocycles. The fourth-order valence-corrected chi connectivity index (χ4v) is 3.78. The summed E-state index contributed by atoms with van der Waals surface area (Å²) in [4.78, 5) is 14.2. The highest BCUT2D eigenvalue weighted by Crippen LogP contribution is 2.37. The first-order valence-corrected chi connectivity index (χ1v) is 7.74. The van der Waals surface area contributed by atoms with E-state index in [2.05, 4.69) is 0 Å². The molecule has 0 radical (unpaired) electrons. The van der Waals surface area contributed by atoms with Crippen LogP contribution in [-0.4, -0.2) is 28.8 Å². The van der Waals surface area contributed by atoms with Crippen LogP contribution in [0.3, 0.4) is 0 Å². The van der Waals surface area contributed by atoms with E-state index in [0.29, 0.717) is 37.1 Å². The Morgan fingerprint density at radius 3 is 2.70 bits per heavy atom. The number of benzene rings is 1. The van der Waals surface area contributed by atoms with Crippen LogP contribution in [0.4, 0.5) is 0 Å². The molecule has 20 heavy (non-hydrogen) atoms. The van der Waals surface area contributed by atoms with E-state index in [4.69, 9.17) is 40.2 Å². The molecule has 1 saturated heterocycles. The highest BCUT2D eigenvalue weighted by Gasteiger charge is 2.30. The molecule has 0 bridgehead atoms. The van der Waals surface area contributed by atoms with Crippen molar-refractivity contribution in [3.05, 3.63) is 32.6 Å². The number of methoxy groups -OCH3 is 1. The number of ether oxygens (including phenoxy) is 1. The van der Waals surface area contributed by atoms with Crippen LogP contribution in [-0.2, 0) is 4.79 Å². The maximum atomic E-state index is 12.2. The molecule has 106 valence electrons. The molecule has 2 rings (SSSR count). The van der Waals surface area contributed by atoms with Gasteiger partial charge in [0.2, 0.25) is 0 Å². The first kappa shape index (κ1) is 15.6. The Bertz CT molecular complexity index is 617. The Morgan fingerprint density at radius 1 is 1.45 bits per heavy atom. The van der Waals surface area contributed by atoms with Crippen molar-refractivity contribution in [1.82, 2.24) is 4.90 Å². The van der Waals surface area contributed by atoms with Gasteiger partial charge in [-0.05, 0) is 25.1 Å². The summed E-state index contributed by atoms with van der Waals surface area (Å²) in [6, 6.07) is 3.29. The van der Waals surface area contributed by atoms with Crippen LogP contribution >= 0.6 is 47.2 Å². The SMILES string of the molecule is CCN1C(=O)/C(=C/c2cc(Cl)cc(Cl)c2OC)SC1=S. The number of carbonyl (C=O) groups is 1. The zero-order chi connectivity index (χ0) is 14.9. The lowest BCUT2D eigenvalue weighted by atomic mass is 10.2. The van der Waals surface area contributed by atoms with Gasteiger partial charge in [-0.25, -0.2) is 0 Å². The number of nitrogens with zero attached hydrogens (tertiary/aromatic N) is 1. The highest BCUT2D eigenvalue weighted by molar-refractivity contribution is 8.26. The quantitative estimate of drug-likeness (QED) is 0.604. The first-order chi connectivity index (χ1) is 9.47. The summed E-state index contributed by atoms with van der Waals surface area (Å²) in [6.07, 6.45) is 1.70. The van der Waals surface area contributed by atoms with Gasteiger partial charge in [-0.1, -0.05) is 47.2 Å². The number of rotatable bonds is 3. The molecule has 7 heteroatoms. The van der Waals surface area contributed by atoms with Crippen LogP contribution in [0.1, 0.15) is 12.5 Å². The lowest BCUT2D eigenvalue weighted by Gasteiger charge is -2.10. The molecule has 0 atom stereocenters. The Hall–Kier alpha value is -0.750. The molecule has 3 nitrogen and oxygen atoms in total. The van der Waals surface area contributed by atoms with Crippen LogP contribution in [0.2, 0.25) is 10.0 Å². The van der Waals surface area contributed by atoms with Gasteiger partial charge in [-0.3, -0.25) is 9.69 Å². The fourth-order valence-electron chi connectivity index (χ4n) is 1.82. The average Bonchev–Trinajstić information content (AvgIpc) is 2.63. The van der Waals surface area contributed by atoms with Crippen LogP contribution < -0.4 is 4.74 Å². The van der Waals surface area contributed by atoms with Gasteiger partial charge in [-0.2, -0.15) is 0 Å². The van der Waals surface area contributed by atoms with E-state index < -0.39 is 0 Å². The minimum absolute atomic E-state index is 0.111. The van der Waals surface area contributed by atoms with Crippen molar-refractivity contribution in [3.8, 4) is 5.75 Å². The molecule has 1 aromatic rings. The standard InChI is InChI=1S/C13H11Cl2NO2S2/c1-3-16-12(17)10(20-13(16)19)5-7-4-8(14)6-9(15)11(7)18-2/h4-6H,3H2,1-2H3/b10-5-. The number of amides is 1. The Kier molecular flexibility index (Phi) is 4.96. The zero-order valence-corrected chi connectivity index (χ0v) is 13.9. The summed E-state index contributed by atoms with van der Waals surface area (Å²) >= 11 is 18.5. The van der Waals surface area contributed by atoms with E-state index in [1.165, 1.54) is 18.9 Å². The predicted molar refractivity (Wildman–Crippen MR) is 88.6 cm³/mol. The fraction of sp³-hybridized carbons (Fsp3) is 0.231. The van der Waals surface area contributed by atoms with E-state index in [0.717, 1.165) is 0 Å². The lowest BCUT2D eigenvalue weighted by molar-refractivity contribution is -0.121. The summed E-state index contributed by atoms with van der Waals surface area (Å²) in [6.45, 7) is 2.43. The van der Waals surface area contributed by atoms with Crippen molar-refractivity contribution in [1.29, 1.82) is 0 Å². The third-order valence-electron chi connectivity index (χ3n) is 2.72. The lowest BCUT2D eigenvalue weighted by Crippen LogP contribution is -2.27.